The first-order valence-electron chi connectivity index (χ1n) is 7.19. The summed E-state index contributed by atoms with van der Waals surface area (Å²) in [5.74, 6) is 1.96. The van der Waals surface area contributed by atoms with Crippen molar-refractivity contribution >= 4 is 22.5 Å². The first-order valence-corrected chi connectivity index (χ1v) is 7.19. The number of nitrogen functional groups attached to an aromatic ring is 2. The lowest BCUT2D eigenvalue weighted by Gasteiger charge is -2.15. The summed E-state index contributed by atoms with van der Waals surface area (Å²) in [5, 5.41) is 0. The van der Waals surface area contributed by atoms with Crippen LogP contribution < -0.4 is 25.7 Å². The third-order valence-corrected chi connectivity index (χ3v) is 3.69. The van der Waals surface area contributed by atoms with Crippen molar-refractivity contribution in [3.63, 3.8) is 0 Å². The Morgan fingerprint density at radius 1 is 0.833 bits per heavy atom. The molecule has 2 aromatic heterocycles. The molecule has 2 heterocycles. The maximum absolute atomic E-state index is 6.13. The quantitative estimate of drug-likeness (QED) is 0.758. The van der Waals surface area contributed by atoms with Crippen molar-refractivity contribution in [2.45, 2.75) is 0 Å². The van der Waals surface area contributed by atoms with Crippen LogP contribution >= 0.6 is 0 Å². The number of fused-ring (bicyclic) bond motifs is 1. The Hall–Kier alpha value is -3.22. The molecule has 7 nitrogen and oxygen atoms in total. The van der Waals surface area contributed by atoms with E-state index in [4.69, 9.17) is 25.7 Å². The molecule has 0 bridgehead atoms. The molecule has 0 saturated carbocycles. The van der Waals surface area contributed by atoms with Gasteiger partial charge in [0.15, 0.2) is 11.5 Å². The molecule has 0 aliphatic rings. The van der Waals surface area contributed by atoms with Gasteiger partial charge in [0.2, 0.25) is 5.75 Å². The molecule has 0 amide bonds. The summed E-state index contributed by atoms with van der Waals surface area (Å²) in [7, 11) is 4.68. The van der Waals surface area contributed by atoms with E-state index in [1.165, 1.54) is 0 Å². The van der Waals surface area contributed by atoms with E-state index in [0.29, 0.717) is 39.8 Å². The van der Waals surface area contributed by atoms with Gasteiger partial charge in [-0.25, -0.2) is 4.98 Å². The number of pyridine rings is 2. The Labute approximate surface area is 139 Å². The molecular weight excluding hydrogens is 308 g/mol. The van der Waals surface area contributed by atoms with Crippen LogP contribution in [0.3, 0.4) is 0 Å². The molecule has 124 valence electrons. The van der Waals surface area contributed by atoms with Crippen molar-refractivity contribution in [2.75, 3.05) is 32.8 Å². The second-order valence-corrected chi connectivity index (χ2v) is 5.14. The Kier molecular flexibility index (Phi) is 3.99. The molecule has 0 aliphatic heterocycles. The summed E-state index contributed by atoms with van der Waals surface area (Å²) in [5.41, 5.74) is 15.3. The minimum atomic E-state index is 0.365. The minimum Gasteiger partial charge on any atom is -0.493 e. The highest BCUT2D eigenvalue weighted by Gasteiger charge is 2.16. The summed E-state index contributed by atoms with van der Waals surface area (Å²) in [6.45, 7) is 0. The average Bonchev–Trinajstić information content (AvgIpc) is 2.59. The van der Waals surface area contributed by atoms with Crippen molar-refractivity contribution in [1.82, 2.24) is 9.97 Å². The van der Waals surface area contributed by atoms with Crippen LogP contribution in [0.25, 0.3) is 22.2 Å². The standard InChI is InChI=1S/C17H18N4O3/c1-22-14-4-9(5-15(23-2)16(14)24-3)11-7-12-13(21-17(11)19)6-10(18)8-20-12/h4-8H,18H2,1-3H3,(H2,19,21). The largest absolute Gasteiger partial charge is 0.493 e. The normalized spacial score (nSPS) is 10.6. The van der Waals surface area contributed by atoms with Crippen molar-refractivity contribution in [1.29, 1.82) is 0 Å². The van der Waals surface area contributed by atoms with E-state index in [1.54, 1.807) is 33.6 Å². The molecule has 7 heteroatoms. The first-order chi connectivity index (χ1) is 11.6. The molecule has 0 saturated heterocycles. The fourth-order valence-corrected chi connectivity index (χ4v) is 2.55. The van der Waals surface area contributed by atoms with Gasteiger partial charge in [-0.2, -0.15) is 0 Å². The molecular formula is C17H18N4O3. The van der Waals surface area contributed by atoms with E-state index in [2.05, 4.69) is 9.97 Å². The zero-order valence-electron chi connectivity index (χ0n) is 13.7. The predicted octanol–water partition coefficient (Wildman–Crippen LogP) is 2.49. The Morgan fingerprint density at radius 3 is 2.08 bits per heavy atom. The monoisotopic (exact) mass is 326 g/mol. The number of nitrogens with two attached hydrogens (primary N) is 2. The van der Waals surface area contributed by atoms with Gasteiger partial charge < -0.3 is 25.7 Å². The maximum Gasteiger partial charge on any atom is 0.203 e. The van der Waals surface area contributed by atoms with Crippen LogP contribution in [0.5, 0.6) is 17.2 Å². The zero-order valence-corrected chi connectivity index (χ0v) is 13.7. The van der Waals surface area contributed by atoms with Gasteiger partial charge in [-0.1, -0.05) is 0 Å². The molecule has 4 N–H and O–H groups in total. The Morgan fingerprint density at radius 2 is 1.50 bits per heavy atom. The molecule has 0 atom stereocenters. The number of hydrogen-bond donors (Lipinski definition) is 2. The number of aromatic nitrogens is 2. The third-order valence-electron chi connectivity index (χ3n) is 3.69. The molecule has 1 aromatic carbocycles. The fourth-order valence-electron chi connectivity index (χ4n) is 2.55. The summed E-state index contributed by atoms with van der Waals surface area (Å²) in [6, 6.07) is 7.23. The molecule has 0 unspecified atom stereocenters. The predicted molar refractivity (Wildman–Crippen MR) is 93.5 cm³/mol. The van der Waals surface area contributed by atoms with Gasteiger partial charge in [-0.3, -0.25) is 4.98 Å². The van der Waals surface area contributed by atoms with Crippen LogP contribution in [0.4, 0.5) is 11.5 Å². The van der Waals surface area contributed by atoms with Crippen molar-refractivity contribution in [2.24, 2.45) is 0 Å². The summed E-state index contributed by atoms with van der Waals surface area (Å²) in [4.78, 5) is 8.69. The Bertz CT molecular complexity index is 887. The zero-order chi connectivity index (χ0) is 17.3. The van der Waals surface area contributed by atoms with Crippen LogP contribution in [0.15, 0.2) is 30.5 Å². The van der Waals surface area contributed by atoms with E-state index < -0.39 is 0 Å². The van der Waals surface area contributed by atoms with Crippen molar-refractivity contribution in [3.8, 4) is 28.4 Å². The summed E-state index contributed by atoms with van der Waals surface area (Å²) >= 11 is 0. The third kappa shape index (κ3) is 2.60. The lowest BCUT2D eigenvalue weighted by atomic mass is 10.0. The van der Waals surface area contributed by atoms with E-state index in [9.17, 15) is 0 Å². The van der Waals surface area contributed by atoms with Crippen LogP contribution in [-0.2, 0) is 0 Å². The molecule has 0 fully saturated rings. The van der Waals surface area contributed by atoms with Crippen LogP contribution in [-0.4, -0.2) is 31.3 Å². The van der Waals surface area contributed by atoms with Gasteiger partial charge in [-0.05, 0) is 29.8 Å². The maximum atomic E-state index is 6.13. The van der Waals surface area contributed by atoms with Crippen LogP contribution in [0.1, 0.15) is 0 Å². The average molecular weight is 326 g/mol. The molecule has 3 aromatic rings. The lowest BCUT2D eigenvalue weighted by Crippen LogP contribution is -1.99. The van der Waals surface area contributed by atoms with E-state index >= 15 is 0 Å². The summed E-state index contributed by atoms with van der Waals surface area (Å²) < 4.78 is 16.1. The number of ether oxygens (including phenoxy) is 3. The molecule has 0 aliphatic carbocycles. The number of rotatable bonds is 4. The van der Waals surface area contributed by atoms with Gasteiger partial charge >= 0.3 is 0 Å². The number of nitrogens with zero attached hydrogens (tertiary/aromatic N) is 2. The highest BCUT2D eigenvalue weighted by Crippen LogP contribution is 2.42. The molecule has 24 heavy (non-hydrogen) atoms. The highest BCUT2D eigenvalue weighted by molar-refractivity contribution is 5.88. The van der Waals surface area contributed by atoms with Crippen LogP contribution in [0.2, 0.25) is 0 Å². The van der Waals surface area contributed by atoms with Gasteiger partial charge in [0.05, 0.1) is 44.2 Å². The second-order valence-electron chi connectivity index (χ2n) is 5.14. The number of benzene rings is 1. The van der Waals surface area contributed by atoms with Gasteiger partial charge in [0, 0.05) is 5.56 Å². The van der Waals surface area contributed by atoms with E-state index in [-0.39, 0.29) is 0 Å². The molecule has 0 radical (unpaired) electrons. The van der Waals surface area contributed by atoms with Gasteiger partial charge in [0.1, 0.15) is 5.82 Å². The van der Waals surface area contributed by atoms with Gasteiger partial charge in [0.25, 0.3) is 0 Å². The van der Waals surface area contributed by atoms with Gasteiger partial charge in [-0.15, -0.1) is 0 Å². The van der Waals surface area contributed by atoms with E-state index in [1.807, 2.05) is 18.2 Å². The smallest absolute Gasteiger partial charge is 0.203 e. The number of anilines is 2. The van der Waals surface area contributed by atoms with Crippen molar-refractivity contribution in [3.05, 3.63) is 30.5 Å². The second kappa shape index (κ2) is 6.11. The Balaban J connectivity index is 2.23. The molecule has 0 spiro atoms. The van der Waals surface area contributed by atoms with Crippen molar-refractivity contribution < 1.29 is 14.2 Å². The molecule has 3 rings (SSSR count). The first kappa shape index (κ1) is 15.7. The minimum absolute atomic E-state index is 0.365. The number of methoxy groups -OCH3 is 3. The number of hydrogen-bond acceptors (Lipinski definition) is 7. The fraction of sp³-hybridized carbons (Fsp3) is 0.176. The highest BCUT2D eigenvalue weighted by atomic mass is 16.5. The topological polar surface area (TPSA) is 106 Å². The van der Waals surface area contributed by atoms with Crippen LogP contribution in [0, 0.1) is 0 Å². The summed E-state index contributed by atoms with van der Waals surface area (Å²) in [6.07, 6.45) is 1.58. The SMILES string of the molecule is COc1cc(-c2cc3ncc(N)cc3nc2N)cc(OC)c1OC. The van der Waals surface area contributed by atoms with E-state index in [0.717, 1.165) is 11.1 Å². The lowest BCUT2D eigenvalue weighted by molar-refractivity contribution is 0.324.